The van der Waals surface area contributed by atoms with Crippen LogP contribution in [0.4, 0.5) is 0 Å². The molecule has 0 radical (unpaired) electrons. The Morgan fingerprint density at radius 2 is 1.82 bits per heavy atom. The zero-order valence-corrected chi connectivity index (χ0v) is 13.0. The first kappa shape index (κ1) is 15.9. The maximum Gasteiger partial charge on any atom is 0.255 e. The largest absolute Gasteiger partial charge is 0.497 e. The molecule has 1 amide bonds. The number of aryl methyl sites for hydroxylation is 1. The summed E-state index contributed by atoms with van der Waals surface area (Å²) >= 11 is 0. The smallest absolute Gasteiger partial charge is 0.255 e. The molecule has 22 heavy (non-hydrogen) atoms. The second-order valence-corrected chi connectivity index (χ2v) is 4.91. The Balaban J connectivity index is 1.87. The second-order valence-electron chi connectivity index (χ2n) is 4.91. The van der Waals surface area contributed by atoms with Crippen LogP contribution in [0.5, 0.6) is 11.5 Å². The Kier molecular flexibility index (Phi) is 5.83. The van der Waals surface area contributed by atoms with Crippen LogP contribution in [0.3, 0.4) is 0 Å². The van der Waals surface area contributed by atoms with Gasteiger partial charge in [0.05, 0.1) is 19.8 Å². The normalized spacial score (nSPS) is 10.1. The first-order valence-corrected chi connectivity index (χ1v) is 7.28. The highest BCUT2D eigenvalue weighted by Crippen LogP contribution is 2.24. The van der Waals surface area contributed by atoms with Gasteiger partial charge in [-0.2, -0.15) is 0 Å². The van der Waals surface area contributed by atoms with E-state index in [1.54, 1.807) is 32.4 Å². The van der Waals surface area contributed by atoms with E-state index in [0.717, 1.165) is 12.8 Å². The quantitative estimate of drug-likeness (QED) is 0.799. The zero-order valence-electron chi connectivity index (χ0n) is 13.0. The second kappa shape index (κ2) is 8.08. The molecule has 2 rings (SSSR count). The number of carbonyl (C=O) groups is 1. The van der Waals surface area contributed by atoms with E-state index in [0.29, 0.717) is 23.6 Å². The van der Waals surface area contributed by atoms with Crippen LogP contribution >= 0.6 is 0 Å². The number of hydrogen-bond donors (Lipinski definition) is 1. The topological polar surface area (TPSA) is 47.6 Å². The van der Waals surface area contributed by atoms with Gasteiger partial charge in [0.2, 0.25) is 0 Å². The summed E-state index contributed by atoms with van der Waals surface area (Å²) in [7, 11) is 3.12. The van der Waals surface area contributed by atoms with Crippen molar-refractivity contribution in [2.45, 2.75) is 12.8 Å². The van der Waals surface area contributed by atoms with Crippen LogP contribution in [-0.2, 0) is 6.42 Å². The Hall–Kier alpha value is -2.49. The van der Waals surface area contributed by atoms with Gasteiger partial charge in [-0.1, -0.05) is 30.3 Å². The molecule has 2 aromatic rings. The van der Waals surface area contributed by atoms with Crippen molar-refractivity contribution in [3.8, 4) is 11.5 Å². The number of benzene rings is 2. The van der Waals surface area contributed by atoms with Gasteiger partial charge >= 0.3 is 0 Å². The van der Waals surface area contributed by atoms with Crippen LogP contribution in [0.25, 0.3) is 0 Å². The number of methoxy groups -OCH3 is 2. The molecule has 0 bridgehead atoms. The molecular weight excluding hydrogens is 278 g/mol. The number of hydrogen-bond acceptors (Lipinski definition) is 3. The van der Waals surface area contributed by atoms with E-state index in [1.807, 2.05) is 18.2 Å². The number of ether oxygens (including phenoxy) is 2. The van der Waals surface area contributed by atoms with Crippen molar-refractivity contribution in [3.05, 3.63) is 59.7 Å². The summed E-state index contributed by atoms with van der Waals surface area (Å²) in [6.45, 7) is 0.628. The Bertz CT molecular complexity index is 611. The molecule has 0 fully saturated rings. The summed E-state index contributed by atoms with van der Waals surface area (Å²) in [4.78, 5) is 12.2. The summed E-state index contributed by atoms with van der Waals surface area (Å²) in [6.07, 6.45) is 1.84. The maximum atomic E-state index is 12.2. The maximum absolute atomic E-state index is 12.2. The average molecular weight is 299 g/mol. The number of amides is 1. The van der Waals surface area contributed by atoms with Gasteiger partial charge in [0, 0.05) is 12.6 Å². The number of carbonyl (C=O) groups excluding carboxylic acids is 1. The van der Waals surface area contributed by atoms with Crippen molar-refractivity contribution >= 4 is 5.91 Å². The van der Waals surface area contributed by atoms with Crippen molar-refractivity contribution in [2.75, 3.05) is 20.8 Å². The molecular formula is C18H21NO3. The van der Waals surface area contributed by atoms with Crippen LogP contribution in [0.2, 0.25) is 0 Å². The van der Waals surface area contributed by atoms with Crippen LogP contribution in [0.1, 0.15) is 22.3 Å². The molecule has 0 unspecified atom stereocenters. The third-order valence-corrected chi connectivity index (χ3v) is 3.42. The Morgan fingerprint density at radius 3 is 2.50 bits per heavy atom. The van der Waals surface area contributed by atoms with Gasteiger partial charge < -0.3 is 14.8 Å². The van der Waals surface area contributed by atoms with Crippen molar-refractivity contribution in [2.24, 2.45) is 0 Å². The molecule has 0 aromatic heterocycles. The minimum Gasteiger partial charge on any atom is -0.497 e. The molecule has 0 saturated heterocycles. The minimum absolute atomic E-state index is 0.132. The van der Waals surface area contributed by atoms with Crippen LogP contribution in [0, 0.1) is 0 Å². The van der Waals surface area contributed by atoms with E-state index in [-0.39, 0.29) is 5.91 Å². The zero-order chi connectivity index (χ0) is 15.8. The van der Waals surface area contributed by atoms with Gasteiger partial charge in [-0.05, 0) is 30.5 Å². The molecule has 0 aliphatic carbocycles. The van der Waals surface area contributed by atoms with E-state index in [4.69, 9.17) is 9.47 Å². The molecule has 0 aliphatic heterocycles. The Morgan fingerprint density at radius 1 is 1.05 bits per heavy atom. The lowest BCUT2D eigenvalue weighted by atomic mass is 10.1. The predicted octanol–water partition coefficient (Wildman–Crippen LogP) is 3.07. The molecule has 1 N–H and O–H groups in total. The highest BCUT2D eigenvalue weighted by Gasteiger charge is 2.12. The molecule has 4 nitrogen and oxygen atoms in total. The molecule has 0 atom stereocenters. The van der Waals surface area contributed by atoms with E-state index < -0.39 is 0 Å². The lowest BCUT2D eigenvalue weighted by Crippen LogP contribution is -2.25. The van der Waals surface area contributed by atoms with Gasteiger partial charge in [0.15, 0.2) is 0 Å². The minimum atomic E-state index is -0.132. The predicted molar refractivity (Wildman–Crippen MR) is 86.6 cm³/mol. The number of nitrogens with one attached hydrogen (secondary N) is 1. The highest BCUT2D eigenvalue weighted by molar-refractivity contribution is 5.97. The molecule has 0 saturated carbocycles. The summed E-state index contributed by atoms with van der Waals surface area (Å²) in [6, 6.07) is 15.4. The van der Waals surface area contributed by atoms with Crippen LogP contribution < -0.4 is 14.8 Å². The van der Waals surface area contributed by atoms with Gasteiger partial charge in [0.1, 0.15) is 11.5 Å². The average Bonchev–Trinajstić information content (AvgIpc) is 2.58. The SMILES string of the molecule is COc1ccc(C(=O)NCCCc2ccccc2)c(OC)c1. The van der Waals surface area contributed by atoms with Crippen LogP contribution in [0.15, 0.2) is 48.5 Å². The van der Waals surface area contributed by atoms with Gasteiger partial charge in [-0.3, -0.25) is 4.79 Å². The van der Waals surface area contributed by atoms with Crippen molar-refractivity contribution < 1.29 is 14.3 Å². The summed E-state index contributed by atoms with van der Waals surface area (Å²) in [5.41, 5.74) is 1.79. The summed E-state index contributed by atoms with van der Waals surface area (Å²) in [5, 5.41) is 2.92. The first-order valence-electron chi connectivity index (χ1n) is 7.28. The van der Waals surface area contributed by atoms with Crippen molar-refractivity contribution in [3.63, 3.8) is 0 Å². The molecule has 0 aliphatic rings. The first-order chi connectivity index (χ1) is 10.7. The van der Waals surface area contributed by atoms with Gasteiger partial charge in [-0.15, -0.1) is 0 Å². The molecule has 4 heteroatoms. The van der Waals surface area contributed by atoms with Crippen LogP contribution in [-0.4, -0.2) is 26.7 Å². The third-order valence-electron chi connectivity index (χ3n) is 3.42. The lowest BCUT2D eigenvalue weighted by molar-refractivity contribution is 0.0950. The number of rotatable bonds is 7. The fourth-order valence-electron chi connectivity index (χ4n) is 2.22. The third kappa shape index (κ3) is 4.25. The van der Waals surface area contributed by atoms with Gasteiger partial charge in [0.25, 0.3) is 5.91 Å². The fourth-order valence-corrected chi connectivity index (χ4v) is 2.22. The van der Waals surface area contributed by atoms with E-state index in [2.05, 4.69) is 17.4 Å². The van der Waals surface area contributed by atoms with Crippen molar-refractivity contribution in [1.82, 2.24) is 5.32 Å². The summed E-state index contributed by atoms with van der Waals surface area (Å²) < 4.78 is 10.4. The monoisotopic (exact) mass is 299 g/mol. The van der Waals surface area contributed by atoms with E-state index >= 15 is 0 Å². The Labute approximate surface area is 131 Å². The fraction of sp³-hybridized carbons (Fsp3) is 0.278. The van der Waals surface area contributed by atoms with E-state index in [1.165, 1.54) is 5.56 Å². The molecule has 116 valence electrons. The molecule has 0 heterocycles. The lowest BCUT2D eigenvalue weighted by Gasteiger charge is -2.10. The molecule has 2 aromatic carbocycles. The van der Waals surface area contributed by atoms with E-state index in [9.17, 15) is 4.79 Å². The van der Waals surface area contributed by atoms with Gasteiger partial charge in [-0.25, -0.2) is 0 Å². The molecule has 0 spiro atoms. The van der Waals surface area contributed by atoms with Crippen molar-refractivity contribution in [1.29, 1.82) is 0 Å². The summed E-state index contributed by atoms with van der Waals surface area (Å²) in [5.74, 6) is 1.05. The standard InChI is InChI=1S/C18H21NO3/c1-21-15-10-11-16(17(13-15)22-2)18(20)19-12-6-9-14-7-4-3-5-8-14/h3-5,7-8,10-11,13H,6,9,12H2,1-2H3,(H,19,20). The highest BCUT2D eigenvalue weighted by atomic mass is 16.5.